The standard InChI is InChI=1S/C14H25N3S/c1-4-14(7-8-14)11-15-9-12-10-16-13(18-12)17(5-2)6-3/h10,15H,4-9,11H2,1-3H3. The Morgan fingerprint density at radius 3 is 2.61 bits per heavy atom. The summed E-state index contributed by atoms with van der Waals surface area (Å²) in [5.74, 6) is 0. The molecule has 18 heavy (non-hydrogen) atoms. The molecule has 0 amide bonds. The third-order valence-corrected chi connectivity index (χ3v) is 5.14. The molecule has 0 aromatic carbocycles. The van der Waals surface area contributed by atoms with Gasteiger partial charge in [0.1, 0.15) is 0 Å². The molecule has 1 saturated carbocycles. The predicted octanol–water partition coefficient (Wildman–Crippen LogP) is 3.27. The highest BCUT2D eigenvalue weighted by Crippen LogP contribution is 2.47. The molecule has 1 aromatic rings. The zero-order chi connectivity index (χ0) is 13.0. The van der Waals surface area contributed by atoms with E-state index in [1.807, 2.05) is 17.5 Å². The van der Waals surface area contributed by atoms with Crippen LogP contribution in [0.1, 0.15) is 44.9 Å². The Labute approximate surface area is 115 Å². The number of rotatable bonds is 8. The molecule has 3 nitrogen and oxygen atoms in total. The molecule has 0 aliphatic heterocycles. The number of thiazole rings is 1. The molecule has 0 spiro atoms. The zero-order valence-electron chi connectivity index (χ0n) is 11.8. The molecule has 0 atom stereocenters. The van der Waals surface area contributed by atoms with E-state index in [-0.39, 0.29) is 0 Å². The van der Waals surface area contributed by atoms with Crippen molar-refractivity contribution in [2.45, 2.75) is 46.6 Å². The number of anilines is 1. The minimum absolute atomic E-state index is 0.631. The minimum atomic E-state index is 0.631. The summed E-state index contributed by atoms with van der Waals surface area (Å²) in [7, 11) is 0. The van der Waals surface area contributed by atoms with E-state index >= 15 is 0 Å². The van der Waals surface area contributed by atoms with Crippen molar-refractivity contribution in [2.75, 3.05) is 24.5 Å². The van der Waals surface area contributed by atoms with Crippen LogP contribution < -0.4 is 10.2 Å². The Kier molecular flexibility index (Phi) is 4.62. The van der Waals surface area contributed by atoms with Crippen molar-refractivity contribution in [2.24, 2.45) is 5.41 Å². The largest absolute Gasteiger partial charge is 0.349 e. The fourth-order valence-corrected chi connectivity index (χ4v) is 3.31. The van der Waals surface area contributed by atoms with Crippen LogP contribution in [0.4, 0.5) is 5.13 Å². The second-order valence-corrected chi connectivity index (χ2v) is 6.33. The van der Waals surface area contributed by atoms with E-state index in [1.54, 1.807) is 0 Å². The minimum Gasteiger partial charge on any atom is -0.349 e. The molecule has 2 rings (SSSR count). The monoisotopic (exact) mass is 267 g/mol. The van der Waals surface area contributed by atoms with Crippen LogP contribution >= 0.6 is 11.3 Å². The van der Waals surface area contributed by atoms with Crippen LogP contribution in [-0.4, -0.2) is 24.6 Å². The molecule has 4 heteroatoms. The highest BCUT2D eigenvalue weighted by Gasteiger charge is 2.39. The molecule has 102 valence electrons. The van der Waals surface area contributed by atoms with Gasteiger partial charge in [-0.05, 0) is 38.5 Å². The Hall–Kier alpha value is -0.610. The molecule has 1 aliphatic carbocycles. The van der Waals surface area contributed by atoms with Gasteiger partial charge >= 0.3 is 0 Å². The summed E-state index contributed by atoms with van der Waals surface area (Å²) in [6.07, 6.45) is 6.15. The first-order valence-electron chi connectivity index (χ1n) is 7.13. The summed E-state index contributed by atoms with van der Waals surface area (Å²) < 4.78 is 0. The van der Waals surface area contributed by atoms with E-state index in [9.17, 15) is 0 Å². The highest BCUT2D eigenvalue weighted by atomic mass is 32.1. The van der Waals surface area contributed by atoms with Gasteiger partial charge in [0.05, 0.1) is 0 Å². The normalized spacial score (nSPS) is 16.8. The third-order valence-electron chi connectivity index (χ3n) is 4.08. The molecular formula is C14H25N3S. The smallest absolute Gasteiger partial charge is 0.185 e. The van der Waals surface area contributed by atoms with Crippen LogP contribution in [0.15, 0.2) is 6.20 Å². The Morgan fingerprint density at radius 2 is 2.06 bits per heavy atom. The van der Waals surface area contributed by atoms with Crippen molar-refractivity contribution < 1.29 is 0 Å². The van der Waals surface area contributed by atoms with E-state index in [0.717, 1.165) is 24.8 Å². The molecule has 1 aromatic heterocycles. The Bertz CT molecular complexity index is 367. The molecular weight excluding hydrogens is 242 g/mol. The lowest BCUT2D eigenvalue weighted by Gasteiger charge is -2.16. The van der Waals surface area contributed by atoms with Crippen molar-refractivity contribution in [3.8, 4) is 0 Å². The molecule has 1 aliphatic rings. The quantitative estimate of drug-likeness (QED) is 0.783. The van der Waals surface area contributed by atoms with Gasteiger partial charge in [0.15, 0.2) is 5.13 Å². The predicted molar refractivity (Wildman–Crippen MR) is 79.3 cm³/mol. The summed E-state index contributed by atoms with van der Waals surface area (Å²) in [6.45, 7) is 10.9. The van der Waals surface area contributed by atoms with E-state index in [1.165, 1.54) is 30.7 Å². The van der Waals surface area contributed by atoms with Crippen LogP contribution in [-0.2, 0) is 6.54 Å². The maximum atomic E-state index is 4.51. The number of nitrogens with one attached hydrogen (secondary N) is 1. The van der Waals surface area contributed by atoms with Gasteiger partial charge < -0.3 is 10.2 Å². The summed E-state index contributed by atoms with van der Waals surface area (Å²) in [5, 5.41) is 4.76. The molecule has 1 N–H and O–H groups in total. The van der Waals surface area contributed by atoms with Crippen LogP contribution in [0.3, 0.4) is 0 Å². The number of nitrogens with zero attached hydrogens (tertiary/aromatic N) is 2. The van der Waals surface area contributed by atoms with Gasteiger partial charge in [-0.1, -0.05) is 6.92 Å². The summed E-state index contributed by atoms with van der Waals surface area (Å²) in [6, 6.07) is 0. The van der Waals surface area contributed by atoms with E-state index in [4.69, 9.17) is 0 Å². The maximum Gasteiger partial charge on any atom is 0.185 e. The third kappa shape index (κ3) is 3.23. The summed E-state index contributed by atoms with van der Waals surface area (Å²) in [4.78, 5) is 8.17. The van der Waals surface area contributed by atoms with Crippen molar-refractivity contribution in [1.29, 1.82) is 0 Å². The molecule has 0 unspecified atom stereocenters. The first kappa shape index (κ1) is 13.8. The van der Waals surface area contributed by atoms with Crippen molar-refractivity contribution in [1.82, 2.24) is 10.3 Å². The summed E-state index contributed by atoms with van der Waals surface area (Å²) in [5.41, 5.74) is 0.631. The number of hydrogen-bond acceptors (Lipinski definition) is 4. The zero-order valence-corrected chi connectivity index (χ0v) is 12.6. The lowest BCUT2D eigenvalue weighted by Crippen LogP contribution is -2.22. The van der Waals surface area contributed by atoms with Crippen LogP contribution in [0, 0.1) is 5.41 Å². The second-order valence-electron chi connectivity index (χ2n) is 5.24. The fourth-order valence-electron chi connectivity index (χ4n) is 2.30. The maximum absolute atomic E-state index is 4.51. The van der Waals surface area contributed by atoms with Crippen molar-refractivity contribution in [3.05, 3.63) is 11.1 Å². The van der Waals surface area contributed by atoms with Crippen molar-refractivity contribution >= 4 is 16.5 Å². The number of aromatic nitrogens is 1. The molecule has 1 heterocycles. The topological polar surface area (TPSA) is 28.2 Å². The average Bonchev–Trinajstić information content (AvgIpc) is 3.03. The van der Waals surface area contributed by atoms with Gasteiger partial charge in [0.25, 0.3) is 0 Å². The van der Waals surface area contributed by atoms with E-state index < -0.39 is 0 Å². The summed E-state index contributed by atoms with van der Waals surface area (Å²) >= 11 is 1.82. The van der Waals surface area contributed by atoms with Gasteiger partial charge in [-0.3, -0.25) is 0 Å². The SMILES string of the molecule is CCN(CC)c1ncc(CNCC2(CC)CC2)s1. The Morgan fingerprint density at radius 1 is 1.33 bits per heavy atom. The van der Waals surface area contributed by atoms with Crippen molar-refractivity contribution in [3.63, 3.8) is 0 Å². The van der Waals surface area contributed by atoms with Gasteiger partial charge in [0.2, 0.25) is 0 Å². The van der Waals surface area contributed by atoms with Gasteiger partial charge in [-0.25, -0.2) is 4.98 Å². The lowest BCUT2D eigenvalue weighted by molar-refractivity contribution is 0.444. The second kappa shape index (κ2) is 6.02. The van der Waals surface area contributed by atoms with Crippen LogP contribution in [0.2, 0.25) is 0 Å². The molecule has 0 radical (unpaired) electrons. The van der Waals surface area contributed by atoms with Crippen LogP contribution in [0.5, 0.6) is 0 Å². The van der Waals surface area contributed by atoms with Crippen LogP contribution in [0.25, 0.3) is 0 Å². The molecule has 0 bridgehead atoms. The fraction of sp³-hybridized carbons (Fsp3) is 0.786. The number of hydrogen-bond donors (Lipinski definition) is 1. The van der Waals surface area contributed by atoms with E-state index in [2.05, 4.69) is 36.0 Å². The molecule has 0 saturated heterocycles. The first-order chi connectivity index (χ1) is 8.73. The van der Waals surface area contributed by atoms with Gasteiger partial charge in [0, 0.05) is 37.3 Å². The van der Waals surface area contributed by atoms with E-state index in [0.29, 0.717) is 5.41 Å². The van der Waals surface area contributed by atoms with Gasteiger partial charge in [-0.15, -0.1) is 11.3 Å². The highest BCUT2D eigenvalue weighted by molar-refractivity contribution is 7.15. The Balaban J connectivity index is 1.79. The molecule has 1 fully saturated rings. The first-order valence-corrected chi connectivity index (χ1v) is 7.95. The van der Waals surface area contributed by atoms with Gasteiger partial charge in [-0.2, -0.15) is 0 Å². The average molecular weight is 267 g/mol. The lowest BCUT2D eigenvalue weighted by atomic mass is 10.0.